The second-order valence-corrected chi connectivity index (χ2v) is 8.20. The van der Waals surface area contributed by atoms with E-state index < -0.39 is 9.84 Å². The van der Waals surface area contributed by atoms with Gasteiger partial charge in [-0.05, 0) is 44.9 Å². The van der Waals surface area contributed by atoms with E-state index in [1.54, 1.807) is 11.0 Å². The fourth-order valence-corrected chi connectivity index (χ4v) is 4.17. The van der Waals surface area contributed by atoms with Crippen molar-refractivity contribution >= 4 is 21.4 Å². The van der Waals surface area contributed by atoms with Crippen LogP contribution in [-0.2, 0) is 14.6 Å². The van der Waals surface area contributed by atoms with Gasteiger partial charge in [0, 0.05) is 29.5 Å². The third kappa shape index (κ3) is 3.77. The van der Waals surface area contributed by atoms with Crippen LogP contribution in [0.2, 0.25) is 0 Å². The van der Waals surface area contributed by atoms with Crippen molar-refractivity contribution in [2.45, 2.75) is 40.2 Å². The van der Waals surface area contributed by atoms with Gasteiger partial charge in [0.05, 0.1) is 5.75 Å². The van der Waals surface area contributed by atoms with Gasteiger partial charge in [0.2, 0.25) is 5.91 Å². The van der Waals surface area contributed by atoms with E-state index in [2.05, 4.69) is 0 Å². The number of carbonyl (C=O) groups is 1. The standard InChI is InChI=1S/C17H23NO3S/c1-12(2)18(16-9-13(3)5-6-14(16)4)17(19)10-15-7-8-22(20,21)11-15/h5-9,12,15H,10-11H2,1-4H3. The Morgan fingerprint density at radius 2 is 2.00 bits per heavy atom. The van der Waals surface area contributed by atoms with Crippen molar-refractivity contribution in [2.75, 3.05) is 10.7 Å². The van der Waals surface area contributed by atoms with Gasteiger partial charge < -0.3 is 4.90 Å². The molecule has 1 atom stereocenters. The van der Waals surface area contributed by atoms with E-state index in [-0.39, 0.29) is 30.0 Å². The van der Waals surface area contributed by atoms with Crippen molar-refractivity contribution in [3.63, 3.8) is 0 Å². The zero-order valence-electron chi connectivity index (χ0n) is 13.5. The van der Waals surface area contributed by atoms with Crippen LogP contribution in [0.3, 0.4) is 0 Å². The van der Waals surface area contributed by atoms with Crippen molar-refractivity contribution in [1.29, 1.82) is 0 Å². The largest absolute Gasteiger partial charge is 0.310 e. The number of aryl methyl sites for hydroxylation is 2. The summed E-state index contributed by atoms with van der Waals surface area (Å²) >= 11 is 0. The van der Waals surface area contributed by atoms with E-state index in [9.17, 15) is 13.2 Å². The lowest BCUT2D eigenvalue weighted by Gasteiger charge is -2.29. The summed E-state index contributed by atoms with van der Waals surface area (Å²) in [6, 6.07) is 6.06. The Balaban J connectivity index is 2.23. The molecule has 0 saturated heterocycles. The first-order valence-electron chi connectivity index (χ1n) is 7.50. The molecule has 5 heteroatoms. The number of nitrogens with zero attached hydrogens (tertiary/aromatic N) is 1. The number of carbonyl (C=O) groups excluding carboxylic acids is 1. The van der Waals surface area contributed by atoms with Gasteiger partial charge in [-0.3, -0.25) is 4.79 Å². The fourth-order valence-electron chi connectivity index (χ4n) is 2.77. The summed E-state index contributed by atoms with van der Waals surface area (Å²) in [6.45, 7) is 7.93. The molecule has 0 bridgehead atoms. The molecule has 120 valence electrons. The van der Waals surface area contributed by atoms with Crippen LogP contribution in [0.15, 0.2) is 29.7 Å². The van der Waals surface area contributed by atoms with E-state index in [0.717, 1.165) is 16.8 Å². The molecule has 1 heterocycles. The van der Waals surface area contributed by atoms with Crippen LogP contribution in [-0.4, -0.2) is 26.1 Å². The van der Waals surface area contributed by atoms with Crippen LogP contribution in [0.4, 0.5) is 5.69 Å². The van der Waals surface area contributed by atoms with Crippen molar-refractivity contribution in [3.8, 4) is 0 Å². The molecule has 0 fully saturated rings. The minimum Gasteiger partial charge on any atom is -0.310 e. The summed E-state index contributed by atoms with van der Waals surface area (Å²) in [7, 11) is -3.12. The number of hydrogen-bond acceptors (Lipinski definition) is 3. The van der Waals surface area contributed by atoms with Crippen molar-refractivity contribution in [1.82, 2.24) is 0 Å². The highest BCUT2D eigenvalue weighted by atomic mass is 32.2. The SMILES string of the molecule is Cc1ccc(C)c(N(C(=O)CC2C=CS(=O)(=O)C2)C(C)C)c1. The lowest BCUT2D eigenvalue weighted by atomic mass is 10.0. The van der Waals surface area contributed by atoms with E-state index >= 15 is 0 Å². The highest BCUT2D eigenvalue weighted by Crippen LogP contribution is 2.27. The predicted molar refractivity (Wildman–Crippen MR) is 89.6 cm³/mol. The molecule has 0 aliphatic carbocycles. The molecule has 1 aliphatic heterocycles. The molecule has 1 aromatic carbocycles. The third-order valence-electron chi connectivity index (χ3n) is 3.85. The second-order valence-electron chi connectivity index (χ2n) is 6.27. The van der Waals surface area contributed by atoms with Crippen LogP contribution < -0.4 is 4.90 Å². The third-order valence-corrected chi connectivity index (χ3v) is 5.32. The predicted octanol–water partition coefficient (Wildman–Crippen LogP) is 2.99. The van der Waals surface area contributed by atoms with E-state index in [1.807, 2.05) is 45.9 Å². The maximum atomic E-state index is 12.7. The molecule has 1 aromatic rings. The molecular weight excluding hydrogens is 298 g/mol. The summed E-state index contributed by atoms with van der Waals surface area (Å²) in [6.07, 6.45) is 1.86. The van der Waals surface area contributed by atoms with Crippen LogP contribution in [0.1, 0.15) is 31.4 Å². The number of allylic oxidation sites excluding steroid dienone is 1. The van der Waals surface area contributed by atoms with E-state index in [4.69, 9.17) is 0 Å². The summed E-state index contributed by atoms with van der Waals surface area (Å²) in [5, 5.41) is 1.22. The molecule has 0 aromatic heterocycles. The Labute approximate surface area is 132 Å². The second kappa shape index (κ2) is 6.24. The zero-order chi connectivity index (χ0) is 16.5. The Morgan fingerprint density at radius 1 is 1.32 bits per heavy atom. The number of anilines is 1. The summed E-state index contributed by atoms with van der Waals surface area (Å²) in [5.74, 6) is -0.211. The quantitative estimate of drug-likeness (QED) is 0.856. The highest BCUT2D eigenvalue weighted by molar-refractivity contribution is 7.94. The lowest BCUT2D eigenvalue weighted by Crippen LogP contribution is -2.38. The van der Waals surface area contributed by atoms with Crippen molar-refractivity contribution in [3.05, 3.63) is 40.8 Å². The van der Waals surface area contributed by atoms with Gasteiger partial charge in [0.15, 0.2) is 9.84 Å². The Kier molecular flexibility index (Phi) is 4.75. The first kappa shape index (κ1) is 16.7. The van der Waals surface area contributed by atoms with Gasteiger partial charge in [0.1, 0.15) is 0 Å². The minimum atomic E-state index is -3.12. The van der Waals surface area contributed by atoms with Gasteiger partial charge in [-0.15, -0.1) is 0 Å². The normalized spacial score (nSPS) is 19.6. The van der Waals surface area contributed by atoms with Gasteiger partial charge in [-0.1, -0.05) is 18.2 Å². The molecule has 0 spiro atoms. The van der Waals surface area contributed by atoms with Crippen molar-refractivity contribution in [2.24, 2.45) is 5.92 Å². The minimum absolute atomic E-state index is 0.0231. The monoisotopic (exact) mass is 321 g/mol. The number of hydrogen-bond donors (Lipinski definition) is 0. The topological polar surface area (TPSA) is 54.5 Å². The van der Waals surface area contributed by atoms with Crippen LogP contribution in [0, 0.1) is 19.8 Å². The van der Waals surface area contributed by atoms with Crippen LogP contribution >= 0.6 is 0 Å². The summed E-state index contributed by atoms with van der Waals surface area (Å²) < 4.78 is 23.0. The molecule has 0 N–H and O–H groups in total. The van der Waals surface area contributed by atoms with Crippen LogP contribution in [0.25, 0.3) is 0 Å². The van der Waals surface area contributed by atoms with Gasteiger partial charge in [0.25, 0.3) is 0 Å². The van der Waals surface area contributed by atoms with E-state index in [1.165, 1.54) is 5.41 Å². The molecule has 4 nitrogen and oxygen atoms in total. The average molecular weight is 321 g/mol. The lowest BCUT2D eigenvalue weighted by molar-refractivity contribution is -0.119. The first-order chi connectivity index (χ1) is 10.2. The average Bonchev–Trinajstić information content (AvgIpc) is 2.72. The van der Waals surface area contributed by atoms with E-state index in [0.29, 0.717) is 0 Å². The number of benzene rings is 1. The Morgan fingerprint density at radius 3 is 2.55 bits per heavy atom. The Bertz CT molecular complexity index is 705. The summed E-state index contributed by atoms with van der Waals surface area (Å²) in [4.78, 5) is 14.5. The summed E-state index contributed by atoms with van der Waals surface area (Å²) in [5.41, 5.74) is 3.05. The molecule has 1 unspecified atom stereocenters. The molecule has 1 amide bonds. The Hall–Kier alpha value is -1.62. The van der Waals surface area contributed by atoms with Gasteiger partial charge in [-0.25, -0.2) is 8.42 Å². The van der Waals surface area contributed by atoms with Crippen LogP contribution in [0.5, 0.6) is 0 Å². The van der Waals surface area contributed by atoms with Gasteiger partial charge >= 0.3 is 0 Å². The molecule has 0 saturated carbocycles. The molecule has 0 radical (unpaired) electrons. The fraction of sp³-hybridized carbons (Fsp3) is 0.471. The highest BCUT2D eigenvalue weighted by Gasteiger charge is 2.28. The zero-order valence-corrected chi connectivity index (χ0v) is 14.4. The van der Waals surface area contributed by atoms with Gasteiger partial charge in [-0.2, -0.15) is 0 Å². The molecule has 2 rings (SSSR count). The number of rotatable bonds is 4. The maximum Gasteiger partial charge on any atom is 0.227 e. The number of amides is 1. The number of sulfone groups is 1. The molecule has 1 aliphatic rings. The maximum absolute atomic E-state index is 12.7. The van der Waals surface area contributed by atoms with Crippen molar-refractivity contribution < 1.29 is 13.2 Å². The smallest absolute Gasteiger partial charge is 0.227 e. The molecular formula is C17H23NO3S. The molecule has 22 heavy (non-hydrogen) atoms. The first-order valence-corrected chi connectivity index (χ1v) is 9.21.